The van der Waals surface area contributed by atoms with Crippen LogP contribution in [0.3, 0.4) is 0 Å². The summed E-state index contributed by atoms with van der Waals surface area (Å²) in [6, 6.07) is 10.2. The molecule has 11 heteroatoms. The Hall–Kier alpha value is -3.34. The fourth-order valence-corrected chi connectivity index (χ4v) is 3.37. The number of benzene rings is 2. The number of amides is 2. The van der Waals surface area contributed by atoms with E-state index < -0.39 is 17.9 Å². The van der Waals surface area contributed by atoms with Crippen molar-refractivity contribution < 1.29 is 31.6 Å². The van der Waals surface area contributed by atoms with E-state index in [1.165, 1.54) is 6.07 Å². The normalized spacial score (nSPS) is 15.3. The zero-order valence-corrected chi connectivity index (χ0v) is 16.2. The number of aromatic nitrogens is 1. The maximum absolute atomic E-state index is 13.6. The maximum atomic E-state index is 13.6. The number of urea groups is 1. The molecule has 2 heterocycles. The lowest BCUT2D eigenvalue weighted by Gasteiger charge is -2.34. The van der Waals surface area contributed by atoms with Crippen molar-refractivity contribution in [3.05, 3.63) is 53.8 Å². The van der Waals surface area contributed by atoms with E-state index in [4.69, 9.17) is 4.52 Å². The number of rotatable bonds is 4. The van der Waals surface area contributed by atoms with Crippen LogP contribution in [0.25, 0.3) is 11.0 Å². The standard InChI is InChI=1S/C20H18F4N4O3/c21-15-6-5-13(11-17(15)30-20(22,23)24)12-27-7-9-28(10-8-27)19(29)25-18-14-3-1-2-4-16(14)31-26-18/h1-6,11H,7-10,12H2,(H,25,26,29). The Balaban J connectivity index is 1.32. The molecule has 1 aromatic heterocycles. The summed E-state index contributed by atoms with van der Waals surface area (Å²) in [5.74, 6) is -1.60. The first kappa shape index (κ1) is 20.9. The van der Waals surface area contributed by atoms with E-state index in [9.17, 15) is 22.4 Å². The molecular weight excluding hydrogens is 420 g/mol. The number of carbonyl (C=O) groups is 1. The molecule has 0 aliphatic carbocycles. The summed E-state index contributed by atoms with van der Waals surface area (Å²) in [4.78, 5) is 16.1. The van der Waals surface area contributed by atoms with E-state index in [0.29, 0.717) is 55.1 Å². The molecule has 1 fully saturated rings. The number of ether oxygens (including phenoxy) is 1. The van der Waals surface area contributed by atoms with E-state index in [1.807, 2.05) is 11.0 Å². The van der Waals surface area contributed by atoms with Crippen LogP contribution >= 0.6 is 0 Å². The van der Waals surface area contributed by atoms with E-state index in [-0.39, 0.29) is 6.03 Å². The van der Waals surface area contributed by atoms with Crippen LogP contribution in [0.4, 0.5) is 28.2 Å². The zero-order valence-electron chi connectivity index (χ0n) is 16.2. The molecule has 0 atom stereocenters. The summed E-state index contributed by atoms with van der Waals surface area (Å²) >= 11 is 0. The van der Waals surface area contributed by atoms with Crippen LogP contribution in [0.1, 0.15) is 5.56 Å². The highest BCUT2D eigenvalue weighted by Crippen LogP contribution is 2.27. The smallest absolute Gasteiger partial charge is 0.403 e. The summed E-state index contributed by atoms with van der Waals surface area (Å²) in [5, 5.41) is 7.31. The molecule has 7 nitrogen and oxygen atoms in total. The topological polar surface area (TPSA) is 70.8 Å². The molecule has 1 N–H and O–H groups in total. The molecular formula is C20H18F4N4O3. The van der Waals surface area contributed by atoms with Gasteiger partial charge in [0.1, 0.15) is 0 Å². The van der Waals surface area contributed by atoms with Crippen molar-refractivity contribution in [3.63, 3.8) is 0 Å². The van der Waals surface area contributed by atoms with Gasteiger partial charge in [0.2, 0.25) is 0 Å². The maximum Gasteiger partial charge on any atom is 0.573 e. The fraction of sp³-hybridized carbons (Fsp3) is 0.300. The lowest BCUT2D eigenvalue weighted by Crippen LogP contribution is -2.49. The number of hydrogen-bond acceptors (Lipinski definition) is 5. The highest BCUT2D eigenvalue weighted by Gasteiger charge is 2.32. The third-order valence-electron chi connectivity index (χ3n) is 4.89. The van der Waals surface area contributed by atoms with Crippen molar-refractivity contribution in [2.24, 2.45) is 0 Å². The first-order valence-electron chi connectivity index (χ1n) is 9.45. The summed E-state index contributed by atoms with van der Waals surface area (Å²) in [6.45, 7) is 2.13. The number of piperazine rings is 1. The average Bonchev–Trinajstić information content (AvgIpc) is 3.13. The third kappa shape index (κ3) is 5.05. The molecule has 2 amide bonds. The van der Waals surface area contributed by atoms with Crippen molar-refractivity contribution in [2.45, 2.75) is 12.9 Å². The first-order valence-corrected chi connectivity index (χ1v) is 9.45. The van der Waals surface area contributed by atoms with Crippen LogP contribution < -0.4 is 10.1 Å². The number of nitrogens with zero attached hydrogens (tertiary/aromatic N) is 3. The van der Waals surface area contributed by atoms with Crippen LogP contribution in [-0.4, -0.2) is 53.5 Å². The average molecular weight is 438 g/mol. The predicted octanol–water partition coefficient (Wildman–Crippen LogP) is 4.22. The third-order valence-corrected chi connectivity index (χ3v) is 4.89. The van der Waals surface area contributed by atoms with E-state index in [2.05, 4.69) is 15.2 Å². The summed E-state index contributed by atoms with van der Waals surface area (Å²) in [7, 11) is 0. The Morgan fingerprint density at radius 2 is 1.87 bits per heavy atom. The molecule has 0 unspecified atom stereocenters. The van der Waals surface area contributed by atoms with E-state index in [0.717, 1.165) is 12.1 Å². The second-order valence-corrected chi connectivity index (χ2v) is 7.03. The van der Waals surface area contributed by atoms with Gasteiger partial charge in [0.25, 0.3) is 0 Å². The minimum absolute atomic E-state index is 0.303. The van der Waals surface area contributed by atoms with Crippen LogP contribution in [-0.2, 0) is 6.54 Å². The van der Waals surface area contributed by atoms with Crippen molar-refractivity contribution in [1.29, 1.82) is 0 Å². The Labute approximate surface area is 174 Å². The number of para-hydroxylation sites is 1. The van der Waals surface area contributed by atoms with E-state index in [1.54, 1.807) is 23.1 Å². The molecule has 1 aliphatic rings. The number of halogens is 4. The molecule has 0 saturated carbocycles. The van der Waals surface area contributed by atoms with Gasteiger partial charge in [0, 0.05) is 32.7 Å². The number of hydrogen-bond donors (Lipinski definition) is 1. The van der Waals surface area contributed by atoms with E-state index >= 15 is 0 Å². The van der Waals surface area contributed by atoms with Gasteiger partial charge in [-0.15, -0.1) is 13.2 Å². The molecule has 3 aromatic rings. The number of fused-ring (bicyclic) bond motifs is 1. The molecule has 1 aliphatic heterocycles. The molecule has 164 valence electrons. The highest BCUT2D eigenvalue weighted by atomic mass is 19.4. The lowest BCUT2D eigenvalue weighted by atomic mass is 10.2. The minimum atomic E-state index is -4.96. The first-order chi connectivity index (χ1) is 14.8. The molecule has 0 radical (unpaired) electrons. The van der Waals surface area contributed by atoms with Crippen LogP contribution in [0.5, 0.6) is 5.75 Å². The SMILES string of the molecule is O=C(Nc1noc2ccccc12)N1CCN(Cc2ccc(F)c(OC(F)(F)F)c2)CC1. The van der Waals surface area contributed by atoms with Gasteiger partial charge in [-0.2, -0.15) is 0 Å². The van der Waals surface area contributed by atoms with Gasteiger partial charge in [-0.1, -0.05) is 23.4 Å². The molecule has 1 saturated heterocycles. The fourth-order valence-electron chi connectivity index (χ4n) is 3.37. The summed E-state index contributed by atoms with van der Waals surface area (Å²) < 4.78 is 59.7. The molecule has 4 rings (SSSR count). The minimum Gasteiger partial charge on any atom is -0.403 e. The van der Waals surface area contributed by atoms with Crippen LogP contribution in [0.2, 0.25) is 0 Å². The second-order valence-electron chi connectivity index (χ2n) is 7.03. The van der Waals surface area contributed by atoms with Crippen LogP contribution in [0.15, 0.2) is 47.0 Å². The molecule has 0 bridgehead atoms. The number of carbonyl (C=O) groups excluding carboxylic acids is 1. The van der Waals surface area contributed by atoms with Gasteiger partial charge in [-0.05, 0) is 29.8 Å². The molecule has 2 aromatic carbocycles. The largest absolute Gasteiger partial charge is 0.573 e. The monoisotopic (exact) mass is 438 g/mol. The zero-order chi connectivity index (χ0) is 22.0. The summed E-state index contributed by atoms with van der Waals surface area (Å²) in [5.41, 5.74) is 1.04. The van der Waals surface area contributed by atoms with Gasteiger partial charge >= 0.3 is 12.4 Å². The lowest BCUT2D eigenvalue weighted by molar-refractivity contribution is -0.275. The molecule has 31 heavy (non-hydrogen) atoms. The van der Waals surface area contributed by atoms with Gasteiger partial charge in [-0.3, -0.25) is 10.2 Å². The van der Waals surface area contributed by atoms with Crippen molar-refractivity contribution >= 4 is 22.8 Å². The summed E-state index contributed by atoms with van der Waals surface area (Å²) in [6.07, 6.45) is -4.96. The van der Waals surface area contributed by atoms with Gasteiger partial charge in [-0.25, -0.2) is 9.18 Å². The van der Waals surface area contributed by atoms with Gasteiger partial charge in [0.15, 0.2) is 23.0 Å². The second kappa shape index (κ2) is 8.42. The number of anilines is 1. The quantitative estimate of drug-likeness (QED) is 0.618. The Morgan fingerprint density at radius 1 is 1.13 bits per heavy atom. The number of alkyl halides is 3. The van der Waals surface area contributed by atoms with Gasteiger partial charge in [0.05, 0.1) is 5.39 Å². The number of nitrogens with one attached hydrogen (secondary N) is 1. The highest BCUT2D eigenvalue weighted by molar-refractivity contribution is 5.98. The van der Waals surface area contributed by atoms with Gasteiger partial charge < -0.3 is 14.2 Å². The Kier molecular flexibility index (Phi) is 5.68. The Morgan fingerprint density at radius 3 is 2.61 bits per heavy atom. The van der Waals surface area contributed by atoms with Crippen LogP contribution in [0, 0.1) is 5.82 Å². The molecule has 0 spiro atoms. The predicted molar refractivity (Wildman–Crippen MR) is 103 cm³/mol. The van der Waals surface area contributed by atoms with Crippen molar-refractivity contribution in [2.75, 3.05) is 31.5 Å². The van der Waals surface area contributed by atoms with Crippen molar-refractivity contribution in [3.8, 4) is 5.75 Å². The Bertz CT molecular complexity index is 1080. The van der Waals surface area contributed by atoms with Crippen molar-refractivity contribution in [1.82, 2.24) is 15.0 Å².